The molecule has 0 spiro atoms. The van der Waals surface area contributed by atoms with E-state index in [0.29, 0.717) is 18.4 Å². The van der Waals surface area contributed by atoms with Gasteiger partial charge in [0, 0.05) is 25.4 Å². The number of carbonyl (C=O) groups excluding carboxylic acids is 2. The number of cyclic esters (lactones) is 1. The zero-order valence-corrected chi connectivity index (χ0v) is 26.9. The summed E-state index contributed by atoms with van der Waals surface area (Å²) < 4.78 is 83.8. The van der Waals surface area contributed by atoms with Gasteiger partial charge in [-0.2, -0.15) is 17.5 Å². The lowest BCUT2D eigenvalue weighted by molar-refractivity contribution is -0.137. The number of anilines is 1. The Kier molecular flexibility index (Phi) is 10.5. The number of benzene rings is 2. The lowest BCUT2D eigenvalue weighted by atomic mass is 10.0. The lowest BCUT2D eigenvalue weighted by Gasteiger charge is -2.31. The Morgan fingerprint density at radius 1 is 1.10 bits per heavy atom. The van der Waals surface area contributed by atoms with E-state index in [9.17, 15) is 36.3 Å². The molecule has 1 aromatic heterocycles. The molecule has 1 fully saturated rings. The van der Waals surface area contributed by atoms with Crippen LogP contribution in [0.25, 0.3) is 0 Å². The standard InChI is InChI=1S/C32H35F3N4O8S/c1-3-20(2)16-38(48(43,44)23-10-11-26-27(14-23)46-19-45-26)17-25(40)24(13-21-7-5-4-6-8-21)37-30(41)28-18-39(31(42)47-28)29-12-9-22(15-36-29)32(33,34)35/h4-12,14-15,20,24-25,28,40H,3,13,16-19H2,1-2H3,(H,37,41)/t20-,24?,25?,28?/m0/s1. The Morgan fingerprint density at radius 3 is 2.50 bits per heavy atom. The van der Waals surface area contributed by atoms with E-state index >= 15 is 0 Å². The number of hydrogen-bond donors (Lipinski definition) is 2. The Morgan fingerprint density at radius 2 is 1.83 bits per heavy atom. The Hall–Kier alpha value is -4.41. The van der Waals surface area contributed by atoms with Crippen LogP contribution >= 0.6 is 0 Å². The molecule has 16 heteroatoms. The second-order valence-corrected chi connectivity index (χ2v) is 13.5. The molecule has 2 aliphatic rings. The zero-order chi connectivity index (χ0) is 34.6. The van der Waals surface area contributed by atoms with Gasteiger partial charge in [-0.15, -0.1) is 0 Å². The van der Waals surface area contributed by atoms with Gasteiger partial charge in [0.25, 0.3) is 5.91 Å². The minimum Gasteiger partial charge on any atom is -0.454 e. The van der Waals surface area contributed by atoms with Crippen molar-refractivity contribution in [1.82, 2.24) is 14.6 Å². The van der Waals surface area contributed by atoms with Crippen LogP contribution in [0.2, 0.25) is 0 Å². The fourth-order valence-corrected chi connectivity index (χ4v) is 6.79. The fraction of sp³-hybridized carbons (Fsp3) is 0.406. The van der Waals surface area contributed by atoms with E-state index in [1.165, 1.54) is 22.5 Å². The number of amides is 2. The molecular formula is C32H35F3N4O8S. The first-order valence-electron chi connectivity index (χ1n) is 15.2. The largest absolute Gasteiger partial charge is 0.454 e. The number of hydrogen-bond acceptors (Lipinski definition) is 9. The second kappa shape index (κ2) is 14.4. The first kappa shape index (κ1) is 34.9. The van der Waals surface area contributed by atoms with Crippen LogP contribution in [0.1, 0.15) is 31.4 Å². The van der Waals surface area contributed by atoms with Gasteiger partial charge in [-0.05, 0) is 42.2 Å². The van der Waals surface area contributed by atoms with Gasteiger partial charge in [0.2, 0.25) is 16.8 Å². The normalized spacial score (nSPS) is 18.0. The molecule has 48 heavy (non-hydrogen) atoms. The van der Waals surface area contributed by atoms with Gasteiger partial charge in [-0.25, -0.2) is 18.2 Å². The molecule has 5 rings (SSSR count). The number of alkyl halides is 3. The number of fused-ring (bicyclic) bond motifs is 1. The van der Waals surface area contributed by atoms with Crippen LogP contribution in [0.3, 0.4) is 0 Å². The lowest BCUT2D eigenvalue weighted by Crippen LogP contribution is -2.53. The number of pyridine rings is 1. The summed E-state index contributed by atoms with van der Waals surface area (Å²) in [4.78, 5) is 30.6. The minimum atomic E-state index is -4.62. The fourth-order valence-electron chi connectivity index (χ4n) is 5.20. The number of halogens is 3. The average molecular weight is 693 g/mol. The van der Waals surface area contributed by atoms with Crippen LogP contribution in [0.5, 0.6) is 11.5 Å². The SMILES string of the molecule is CC[C@H](C)CN(CC(O)C(Cc1ccccc1)NC(=O)C1CN(c2ccc(C(F)(F)F)cn2)C(=O)O1)S(=O)(=O)c1ccc2c(c1)OCO2. The molecule has 3 aromatic rings. The molecule has 12 nitrogen and oxygen atoms in total. The van der Waals surface area contributed by atoms with Crippen LogP contribution in [-0.2, 0) is 32.2 Å². The van der Waals surface area contributed by atoms with Gasteiger partial charge in [-0.3, -0.25) is 9.69 Å². The monoisotopic (exact) mass is 692 g/mol. The van der Waals surface area contributed by atoms with Gasteiger partial charge < -0.3 is 24.6 Å². The van der Waals surface area contributed by atoms with Crippen molar-refractivity contribution in [2.24, 2.45) is 5.92 Å². The maximum absolute atomic E-state index is 13.9. The highest BCUT2D eigenvalue weighted by Gasteiger charge is 2.40. The zero-order valence-electron chi connectivity index (χ0n) is 26.1. The summed E-state index contributed by atoms with van der Waals surface area (Å²) in [5, 5.41) is 14.3. The molecular weight excluding hydrogens is 657 g/mol. The van der Waals surface area contributed by atoms with Crippen molar-refractivity contribution in [1.29, 1.82) is 0 Å². The van der Waals surface area contributed by atoms with E-state index in [2.05, 4.69) is 10.3 Å². The van der Waals surface area contributed by atoms with Crippen molar-refractivity contribution in [3.63, 3.8) is 0 Å². The van der Waals surface area contributed by atoms with E-state index in [4.69, 9.17) is 14.2 Å². The molecule has 2 amide bonds. The maximum Gasteiger partial charge on any atom is 0.417 e. The molecule has 0 saturated carbocycles. The van der Waals surface area contributed by atoms with E-state index in [1.807, 2.05) is 13.8 Å². The third kappa shape index (κ3) is 7.99. The molecule has 0 bridgehead atoms. The second-order valence-electron chi connectivity index (χ2n) is 11.6. The van der Waals surface area contributed by atoms with Crippen molar-refractivity contribution < 1.29 is 50.5 Å². The van der Waals surface area contributed by atoms with Crippen LogP contribution in [0.4, 0.5) is 23.8 Å². The van der Waals surface area contributed by atoms with Crippen LogP contribution < -0.4 is 19.7 Å². The highest BCUT2D eigenvalue weighted by Crippen LogP contribution is 2.35. The number of rotatable bonds is 13. The first-order chi connectivity index (χ1) is 22.8. The quantitative estimate of drug-likeness (QED) is 0.272. The third-order valence-electron chi connectivity index (χ3n) is 8.13. The number of carbonyl (C=O) groups is 2. The smallest absolute Gasteiger partial charge is 0.417 e. The summed E-state index contributed by atoms with van der Waals surface area (Å²) in [6.45, 7) is 3.09. The summed E-state index contributed by atoms with van der Waals surface area (Å²) in [6, 6.07) is 13.9. The van der Waals surface area contributed by atoms with E-state index in [1.54, 1.807) is 30.3 Å². The molecule has 1 saturated heterocycles. The average Bonchev–Trinajstić information content (AvgIpc) is 3.70. The number of aliphatic hydroxyl groups excluding tert-OH is 1. The summed E-state index contributed by atoms with van der Waals surface area (Å²) in [5.41, 5.74) is -0.276. The number of aliphatic hydroxyl groups is 1. The van der Waals surface area contributed by atoms with Crippen LogP contribution in [0.15, 0.2) is 71.8 Å². The number of sulfonamides is 1. The highest BCUT2D eigenvalue weighted by molar-refractivity contribution is 7.89. The maximum atomic E-state index is 13.9. The van der Waals surface area contributed by atoms with Gasteiger partial charge in [0.05, 0.1) is 29.1 Å². The van der Waals surface area contributed by atoms with Crippen molar-refractivity contribution >= 4 is 27.8 Å². The van der Waals surface area contributed by atoms with E-state index in [-0.39, 0.29) is 55.2 Å². The molecule has 4 atom stereocenters. The molecule has 258 valence electrons. The van der Waals surface area contributed by atoms with Crippen molar-refractivity contribution in [2.45, 2.75) is 56.0 Å². The minimum absolute atomic E-state index is 0.0378. The van der Waals surface area contributed by atoms with Crippen molar-refractivity contribution in [3.8, 4) is 11.5 Å². The van der Waals surface area contributed by atoms with E-state index in [0.717, 1.165) is 22.6 Å². The predicted octanol–water partition coefficient (Wildman–Crippen LogP) is 3.98. The molecule has 2 aromatic carbocycles. The van der Waals surface area contributed by atoms with Crippen molar-refractivity contribution in [2.75, 3.05) is 31.3 Å². The number of aromatic nitrogens is 1. The Balaban J connectivity index is 1.35. The van der Waals surface area contributed by atoms with Crippen LogP contribution in [-0.4, -0.2) is 79.5 Å². The van der Waals surface area contributed by atoms with Gasteiger partial charge >= 0.3 is 12.3 Å². The highest BCUT2D eigenvalue weighted by atomic mass is 32.2. The summed E-state index contributed by atoms with van der Waals surface area (Å²) >= 11 is 0. The van der Waals surface area contributed by atoms with Crippen LogP contribution in [0, 0.1) is 5.92 Å². The number of ether oxygens (including phenoxy) is 3. The number of nitrogens with one attached hydrogen (secondary N) is 1. The topological polar surface area (TPSA) is 148 Å². The van der Waals surface area contributed by atoms with E-state index < -0.39 is 52.0 Å². The summed E-state index contributed by atoms with van der Waals surface area (Å²) in [5.74, 6) is -0.316. The molecule has 0 aliphatic carbocycles. The van der Waals surface area contributed by atoms with Gasteiger partial charge in [-0.1, -0.05) is 50.6 Å². The van der Waals surface area contributed by atoms with Gasteiger partial charge in [0.1, 0.15) is 5.82 Å². The Bertz CT molecular complexity index is 1710. The number of nitrogens with zero attached hydrogens (tertiary/aromatic N) is 3. The Labute approximate surface area is 275 Å². The predicted molar refractivity (Wildman–Crippen MR) is 166 cm³/mol. The molecule has 3 heterocycles. The molecule has 0 radical (unpaired) electrons. The molecule has 2 N–H and O–H groups in total. The molecule has 2 aliphatic heterocycles. The summed E-state index contributed by atoms with van der Waals surface area (Å²) in [6.07, 6.45) is -7.10. The van der Waals surface area contributed by atoms with Crippen molar-refractivity contribution in [3.05, 3.63) is 78.0 Å². The third-order valence-corrected chi connectivity index (χ3v) is 9.96. The summed E-state index contributed by atoms with van der Waals surface area (Å²) in [7, 11) is -4.16. The molecule has 3 unspecified atom stereocenters. The van der Waals surface area contributed by atoms with Gasteiger partial charge in [0.15, 0.2) is 17.6 Å². The first-order valence-corrected chi connectivity index (χ1v) is 16.6.